The molecule has 0 spiro atoms. The van der Waals surface area contributed by atoms with E-state index >= 15 is 0 Å². The lowest BCUT2D eigenvalue weighted by Crippen LogP contribution is -2.27. The number of rotatable bonds is 6. The first-order valence-corrected chi connectivity index (χ1v) is 7.65. The maximum absolute atomic E-state index is 11.8. The number of hydrogen-bond acceptors (Lipinski definition) is 0. The summed E-state index contributed by atoms with van der Waals surface area (Å²) >= 11 is 0. The molecule has 2 heteroatoms. The molecule has 0 fully saturated rings. The van der Waals surface area contributed by atoms with E-state index in [2.05, 4.69) is 13.8 Å². The van der Waals surface area contributed by atoms with Crippen molar-refractivity contribution in [2.75, 3.05) is 0 Å². The fraction of sp³-hybridized carbons (Fsp3) is 1.00. The molecule has 0 aliphatic carbocycles. The van der Waals surface area contributed by atoms with Gasteiger partial charge in [-0.3, -0.25) is 4.80 Å². The summed E-state index contributed by atoms with van der Waals surface area (Å²) in [5.74, 6) is 0. The molecule has 0 saturated carbocycles. The SMILES string of the molecule is CCCC[Si](C)([O])CCCC. The van der Waals surface area contributed by atoms with Gasteiger partial charge in [0.2, 0.25) is 8.32 Å². The van der Waals surface area contributed by atoms with Crippen molar-refractivity contribution in [3.05, 3.63) is 0 Å². The number of hydrogen-bond donors (Lipinski definition) is 0. The lowest BCUT2D eigenvalue weighted by molar-refractivity contribution is 0.413. The summed E-state index contributed by atoms with van der Waals surface area (Å²) in [7, 11) is -2.00. The maximum Gasteiger partial charge on any atom is 0.234 e. The minimum absolute atomic E-state index is 0.990. The van der Waals surface area contributed by atoms with Gasteiger partial charge in [0.05, 0.1) is 0 Å². The van der Waals surface area contributed by atoms with Crippen molar-refractivity contribution in [2.24, 2.45) is 0 Å². The van der Waals surface area contributed by atoms with Crippen LogP contribution in [0.4, 0.5) is 0 Å². The summed E-state index contributed by atoms with van der Waals surface area (Å²) in [5.41, 5.74) is 0. The van der Waals surface area contributed by atoms with Gasteiger partial charge in [0.25, 0.3) is 0 Å². The van der Waals surface area contributed by atoms with E-state index in [1.165, 1.54) is 12.8 Å². The predicted molar refractivity (Wildman–Crippen MR) is 51.7 cm³/mol. The van der Waals surface area contributed by atoms with Gasteiger partial charge in [-0.1, -0.05) is 39.5 Å². The Labute approximate surface area is 72.0 Å². The lowest BCUT2D eigenvalue weighted by Gasteiger charge is -2.15. The van der Waals surface area contributed by atoms with E-state index in [0.717, 1.165) is 24.9 Å². The highest BCUT2D eigenvalue weighted by atomic mass is 28.4. The van der Waals surface area contributed by atoms with Crippen LogP contribution < -0.4 is 0 Å². The van der Waals surface area contributed by atoms with Crippen LogP contribution in [-0.2, 0) is 4.80 Å². The Morgan fingerprint density at radius 2 is 1.36 bits per heavy atom. The average Bonchev–Trinajstić information content (AvgIpc) is 1.97. The van der Waals surface area contributed by atoms with E-state index in [-0.39, 0.29) is 0 Å². The molecule has 0 heterocycles. The first-order chi connectivity index (χ1) is 5.12. The quantitative estimate of drug-likeness (QED) is 0.547. The van der Waals surface area contributed by atoms with Crippen LogP contribution in [0.25, 0.3) is 0 Å². The van der Waals surface area contributed by atoms with Crippen LogP contribution in [0.3, 0.4) is 0 Å². The third-order valence-electron chi connectivity index (χ3n) is 2.12. The minimum atomic E-state index is -2.00. The molecule has 0 atom stereocenters. The molecular weight excluding hydrogens is 152 g/mol. The standard InChI is InChI=1S/C9H21OSi/c1-4-6-8-11(3,10)9-7-5-2/h4-9H2,1-3H3. The Kier molecular flexibility index (Phi) is 5.87. The van der Waals surface area contributed by atoms with Crippen molar-refractivity contribution in [3.8, 4) is 0 Å². The van der Waals surface area contributed by atoms with Gasteiger partial charge in [-0.05, 0) is 18.6 Å². The van der Waals surface area contributed by atoms with Gasteiger partial charge in [0, 0.05) is 0 Å². The van der Waals surface area contributed by atoms with Gasteiger partial charge in [-0.2, -0.15) is 0 Å². The lowest BCUT2D eigenvalue weighted by atomic mass is 10.4. The Bertz CT molecular complexity index is 81.6. The van der Waals surface area contributed by atoms with Gasteiger partial charge in [0.1, 0.15) is 0 Å². The molecule has 0 aliphatic rings. The Morgan fingerprint density at radius 3 is 1.64 bits per heavy atom. The summed E-state index contributed by atoms with van der Waals surface area (Å²) in [5, 5.41) is 0. The normalized spacial score (nSPS) is 12.0. The largest absolute Gasteiger partial charge is 0.298 e. The highest BCUT2D eigenvalue weighted by molar-refractivity contribution is 6.70. The van der Waals surface area contributed by atoms with Crippen molar-refractivity contribution in [2.45, 2.75) is 58.2 Å². The molecular formula is C9H21OSi. The Morgan fingerprint density at radius 1 is 1.00 bits per heavy atom. The molecule has 0 aliphatic heterocycles. The van der Waals surface area contributed by atoms with Crippen LogP contribution in [0.1, 0.15) is 39.5 Å². The zero-order valence-corrected chi connectivity index (χ0v) is 9.15. The second kappa shape index (κ2) is 5.78. The second-order valence-corrected chi connectivity index (χ2v) is 7.56. The van der Waals surface area contributed by atoms with E-state index in [0.29, 0.717) is 0 Å². The van der Waals surface area contributed by atoms with Crippen LogP contribution in [0, 0.1) is 0 Å². The summed E-state index contributed by atoms with van der Waals surface area (Å²) in [6.07, 6.45) is 4.65. The minimum Gasteiger partial charge on any atom is -0.298 e. The molecule has 0 bridgehead atoms. The molecule has 0 aromatic rings. The second-order valence-electron chi connectivity index (χ2n) is 3.66. The van der Waals surface area contributed by atoms with E-state index in [1.807, 2.05) is 6.55 Å². The molecule has 1 nitrogen and oxygen atoms in total. The fourth-order valence-corrected chi connectivity index (χ4v) is 3.68. The molecule has 0 amide bonds. The van der Waals surface area contributed by atoms with E-state index in [1.54, 1.807) is 0 Å². The molecule has 0 unspecified atom stereocenters. The van der Waals surface area contributed by atoms with Crippen molar-refractivity contribution in [1.29, 1.82) is 0 Å². The zero-order valence-electron chi connectivity index (χ0n) is 8.15. The average molecular weight is 173 g/mol. The van der Waals surface area contributed by atoms with E-state index in [9.17, 15) is 4.80 Å². The van der Waals surface area contributed by atoms with E-state index < -0.39 is 8.32 Å². The Balaban J connectivity index is 3.43. The molecule has 67 valence electrons. The molecule has 0 N–H and O–H groups in total. The van der Waals surface area contributed by atoms with Crippen LogP contribution in [0.5, 0.6) is 0 Å². The number of unbranched alkanes of at least 4 members (excludes halogenated alkanes) is 2. The summed E-state index contributed by atoms with van der Waals surface area (Å²) in [4.78, 5) is 11.8. The highest BCUT2D eigenvalue weighted by Crippen LogP contribution is 2.18. The molecule has 0 aromatic heterocycles. The maximum atomic E-state index is 11.8. The highest BCUT2D eigenvalue weighted by Gasteiger charge is 2.24. The van der Waals surface area contributed by atoms with Crippen molar-refractivity contribution in [3.63, 3.8) is 0 Å². The molecule has 0 aromatic carbocycles. The van der Waals surface area contributed by atoms with Crippen LogP contribution >= 0.6 is 0 Å². The first kappa shape index (κ1) is 11.2. The van der Waals surface area contributed by atoms with Gasteiger partial charge in [-0.25, -0.2) is 0 Å². The molecule has 1 radical (unpaired) electrons. The molecule has 0 saturated heterocycles. The third-order valence-corrected chi connectivity index (χ3v) is 4.94. The summed E-state index contributed by atoms with van der Waals surface area (Å²) in [6.45, 7) is 6.30. The van der Waals surface area contributed by atoms with E-state index in [4.69, 9.17) is 0 Å². The first-order valence-electron chi connectivity index (χ1n) is 4.83. The van der Waals surface area contributed by atoms with Gasteiger partial charge in [-0.15, -0.1) is 0 Å². The molecule has 11 heavy (non-hydrogen) atoms. The molecule has 0 rings (SSSR count). The van der Waals surface area contributed by atoms with Crippen molar-refractivity contribution >= 4 is 8.32 Å². The monoisotopic (exact) mass is 173 g/mol. The summed E-state index contributed by atoms with van der Waals surface area (Å²) < 4.78 is 0. The summed E-state index contributed by atoms with van der Waals surface area (Å²) in [6, 6.07) is 1.98. The van der Waals surface area contributed by atoms with Crippen LogP contribution in [0.2, 0.25) is 18.6 Å². The smallest absolute Gasteiger partial charge is 0.234 e. The van der Waals surface area contributed by atoms with Gasteiger partial charge in [0.15, 0.2) is 0 Å². The fourth-order valence-electron chi connectivity index (χ4n) is 1.23. The van der Waals surface area contributed by atoms with Crippen molar-refractivity contribution < 1.29 is 4.80 Å². The van der Waals surface area contributed by atoms with Crippen molar-refractivity contribution in [1.82, 2.24) is 0 Å². The van der Waals surface area contributed by atoms with Gasteiger partial charge < -0.3 is 0 Å². The van der Waals surface area contributed by atoms with Crippen LogP contribution in [0.15, 0.2) is 0 Å². The Hall–Kier alpha value is 0.177. The zero-order chi connectivity index (χ0) is 8.74. The topological polar surface area (TPSA) is 19.9 Å². The third kappa shape index (κ3) is 6.57. The van der Waals surface area contributed by atoms with Crippen LogP contribution in [-0.4, -0.2) is 8.32 Å². The predicted octanol–water partition coefficient (Wildman–Crippen LogP) is 3.59. The van der Waals surface area contributed by atoms with Gasteiger partial charge >= 0.3 is 0 Å².